The average molecular weight is 379 g/mol. The molecule has 0 saturated carbocycles. The van der Waals surface area contributed by atoms with Crippen molar-refractivity contribution in [2.45, 2.75) is 13.0 Å². The number of fused-ring (bicyclic) bond motifs is 1. The summed E-state index contributed by atoms with van der Waals surface area (Å²) in [5.74, 6) is 0.645. The third-order valence-corrected chi connectivity index (χ3v) is 4.20. The number of imidazole rings is 1. The van der Waals surface area contributed by atoms with Gasteiger partial charge in [0.1, 0.15) is 11.6 Å². The van der Waals surface area contributed by atoms with Crippen LogP contribution in [0.4, 0.5) is 16.3 Å². The Hall–Kier alpha value is -3.75. The van der Waals surface area contributed by atoms with E-state index in [-0.39, 0.29) is 29.8 Å². The Morgan fingerprint density at radius 3 is 2.61 bits per heavy atom. The minimum Gasteiger partial charge on any atom is -0.467 e. The molecule has 3 N–H and O–H groups in total. The third kappa shape index (κ3) is 3.29. The second kappa shape index (κ2) is 7.10. The van der Waals surface area contributed by atoms with Crippen LogP contribution in [0.5, 0.6) is 6.01 Å². The number of hydrogen-bond acceptors (Lipinski definition) is 7. The Labute approximate surface area is 160 Å². The molecule has 0 bridgehead atoms. The van der Waals surface area contributed by atoms with E-state index < -0.39 is 0 Å². The topological polar surface area (TPSA) is 104 Å². The number of para-hydroxylation sites is 1. The van der Waals surface area contributed by atoms with Crippen LogP contribution in [0, 0.1) is 5.82 Å². The van der Waals surface area contributed by atoms with Gasteiger partial charge < -0.3 is 15.8 Å². The van der Waals surface area contributed by atoms with Gasteiger partial charge in [-0.05, 0) is 31.2 Å². The molecule has 1 atom stereocenters. The van der Waals surface area contributed by atoms with Crippen LogP contribution in [0.3, 0.4) is 0 Å². The number of anilines is 2. The predicted molar refractivity (Wildman–Crippen MR) is 104 cm³/mol. The van der Waals surface area contributed by atoms with E-state index in [0.717, 1.165) is 5.69 Å². The standard InChI is InChI=1S/C19H18FN7O/c1-11(22-18-24-17(21)25-19(26-18)28-2)16-23-14-9-8-12(20)10-15(14)27(16)13-6-4-3-5-7-13/h3-11H,1-2H3,(H3,21,22,24,25,26)/t11-/m0/s1. The number of benzene rings is 2. The van der Waals surface area contributed by atoms with Gasteiger partial charge in [0.05, 0.1) is 24.2 Å². The number of rotatable bonds is 5. The zero-order valence-corrected chi connectivity index (χ0v) is 15.3. The molecule has 0 fully saturated rings. The van der Waals surface area contributed by atoms with Crippen LogP contribution >= 0.6 is 0 Å². The quantitative estimate of drug-likeness (QED) is 0.549. The number of nitrogens with two attached hydrogens (primary N) is 1. The average Bonchev–Trinajstić information content (AvgIpc) is 3.07. The van der Waals surface area contributed by atoms with Crippen LogP contribution in [0.2, 0.25) is 0 Å². The molecule has 0 unspecified atom stereocenters. The van der Waals surface area contributed by atoms with Crippen LogP contribution in [-0.4, -0.2) is 31.6 Å². The summed E-state index contributed by atoms with van der Waals surface area (Å²) in [5.41, 5.74) is 7.92. The first-order chi connectivity index (χ1) is 13.5. The lowest BCUT2D eigenvalue weighted by Crippen LogP contribution is -2.16. The van der Waals surface area contributed by atoms with Crippen molar-refractivity contribution in [2.24, 2.45) is 0 Å². The lowest BCUT2D eigenvalue weighted by Gasteiger charge is -2.16. The first-order valence-electron chi connectivity index (χ1n) is 8.60. The molecule has 0 radical (unpaired) electrons. The van der Waals surface area contributed by atoms with Crippen molar-refractivity contribution in [3.63, 3.8) is 0 Å². The Morgan fingerprint density at radius 1 is 1.07 bits per heavy atom. The van der Waals surface area contributed by atoms with Gasteiger partial charge in [0.15, 0.2) is 0 Å². The molecule has 9 heteroatoms. The first-order valence-corrected chi connectivity index (χ1v) is 8.60. The van der Waals surface area contributed by atoms with E-state index in [4.69, 9.17) is 15.5 Å². The molecule has 0 aliphatic carbocycles. The van der Waals surface area contributed by atoms with E-state index in [1.807, 2.05) is 41.8 Å². The number of halogens is 1. The van der Waals surface area contributed by atoms with Crippen molar-refractivity contribution < 1.29 is 9.13 Å². The molecule has 0 aliphatic rings. The summed E-state index contributed by atoms with van der Waals surface area (Å²) >= 11 is 0. The number of nitrogens with one attached hydrogen (secondary N) is 1. The maximum atomic E-state index is 13.9. The summed E-state index contributed by atoms with van der Waals surface area (Å²) < 4.78 is 20.8. The van der Waals surface area contributed by atoms with Gasteiger partial charge in [0.2, 0.25) is 11.9 Å². The van der Waals surface area contributed by atoms with Gasteiger partial charge in [-0.3, -0.25) is 4.57 Å². The lowest BCUT2D eigenvalue weighted by molar-refractivity contribution is 0.379. The van der Waals surface area contributed by atoms with E-state index >= 15 is 0 Å². The van der Waals surface area contributed by atoms with Gasteiger partial charge in [-0.25, -0.2) is 9.37 Å². The fourth-order valence-electron chi connectivity index (χ4n) is 2.99. The van der Waals surface area contributed by atoms with E-state index in [1.54, 1.807) is 6.07 Å². The highest BCUT2D eigenvalue weighted by atomic mass is 19.1. The highest BCUT2D eigenvalue weighted by molar-refractivity contribution is 5.78. The highest BCUT2D eigenvalue weighted by Crippen LogP contribution is 2.27. The molecule has 0 saturated heterocycles. The van der Waals surface area contributed by atoms with Gasteiger partial charge in [-0.1, -0.05) is 18.2 Å². The van der Waals surface area contributed by atoms with Crippen LogP contribution in [-0.2, 0) is 0 Å². The number of methoxy groups -OCH3 is 1. The maximum Gasteiger partial charge on any atom is 0.322 e. The SMILES string of the molecule is COc1nc(N)nc(N[C@@H](C)c2nc3ccc(F)cc3n2-c2ccccc2)n1. The summed E-state index contributed by atoms with van der Waals surface area (Å²) in [7, 11) is 1.45. The van der Waals surface area contributed by atoms with E-state index in [9.17, 15) is 4.39 Å². The zero-order chi connectivity index (χ0) is 19.7. The van der Waals surface area contributed by atoms with Crippen molar-refractivity contribution in [1.29, 1.82) is 0 Å². The molecule has 28 heavy (non-hydrogen) atoms. The van der Waals surface area contributed by atoms with Crippen LogP contribution in [0.15, 0.2) is 48.5 Å². The monoisotopic (exact) mass is 379 g/mol. The van der Waals surface area contributed by atoms with Crippen molar-refractivity contribution in [3.05, 3.63) is 60.2 Å². The fraction of sp³-hybridized carbons (Fsp3) is 0.158. The van der Waals surface area contributed by atoms with Crippen LogP contribution in [0.25, 0.3) is 16.7 Å². The minimum atomic E-state index is -0.327. The van der Waals surface area contributed by atoms with E-state index in [0.29, 0.717) is 16.9 Å². The summed E-state index contributed by atoms with van der Waals surface area (Å²) in [5, 5.41) is 3.16. The van der Waals surface area contributed by atoms with Gasteiger partial charge in [0.25, 0.3) is 0 Å². The van der Waals surface area contributed by atoms with Crippen LogP contribution in [0.1, 0.15) is 18.8 Å². The number of ether oxygens (including phenoxy) is 1. The minimum absolute atomic E-state index is 0.0418. The molecule has 142 valence electrons. The van der Waals surface area contributed by atoms with Gasteiger partial charge in [-0.15, -0.1) is 0 Å². The smallest absolute Gasteiger partial charge is 0.322 e. The van der Waals surface area contributed by atoms with Crippen LogP contribution < -0.4 is 15.8 Å². The molecule has 0 spiro atoms. The van der Waals surface area contributed by atoms with Crippen molar-refractivity contribution >= 4 is 22.9 Å². The summed E-state index contributed by atoms with van der Waals surface area (Å²) in [6, 6.07) is 13.9. The maximum absolute atomic E-state index is 13.9. The molecule has 8 nitrogen and oxygen atoms in total. The summed E-state index contributed by atoms with van der Waals surface area (Å²) in [6.07, 6.45) is 0. The second-order valence-electron chi connectivity index (χ2n) is 6.14. The molecule has 0 amide bonds. The largest absolute Gasteiger partial charge is 0.467 e. The summed E-state index contributed by atoms with van der Waals surface area (Å²) in [4.78, 5) is 16.8. The first kappa shape index (κ1) is 17.7. The number of hydrogen-bond donors (Lipinski definition) is 2. The molecule has 2 aromatic heterocycles. The fourth-order valence-corrected chi connectivity index (χ4v) is 2.99. The second-order valence-corrected chi connectivity index (χ2v) is 6.14. The predicted octanol–water partition coefficient (Wildman–Crippen LogP) is 3.11. The lowest BCUT2D eigenvalue weighted by atomic mass is 10.2. The van der Waals surface area contributed by atoms with Gasteiger partial charge >= 0.3 is 6.01 Å². The van der Waals surface area contributed by atoms with Gasteiger partial charge in [0, 0.05) is 11.8 Å². The molecule has 2 aromatic carbocycles. The number of nitrogen functional groups attached to an aromatic ring is 1. The number of aromatic nitrogens is 5. The number of nitrogens with zero attached hydrogens (tertiary/aromatic N) is 5. The third-order valence-electron chi connectivity index (χ3n) is 4.20. The van der Waals surface area contributed by atoms with Gasteiger partial charge in [-0.2, -0.15) is 15.0 Å². The van der Waals surface area contributed by atoms with E-state index in [1.165, 1.54) is 19.2 Å². The Kier molecular flexibility index (Phi) is 4.48. The molecular weight excluding hydrogens is 361 g/mol. The molecular formula is C19H18FN7O. The Bertz CT molecular complexity index is 1130. The van der Waals surface area contributed by atoms with Crippen molar-refractivity contribution in [1.82, 2.24) is 24.5 Å². The van der Waals surface area contributed by atoms with Crippen molar-refractivity contribution in [3.8, 4) is 11.7 Å². The summed E-state index contributed by atoms with van der Waals surface area (Å²) in [6.45, 7) is 1.91. The molecule has 0 aliphatic heterocycles. The Morgan fingerprint density at radius 2 is 1.86 bits per heavy atom. The Balaban J connectivity index is 1.81. The van der Waals surface area contributed by atoms with Crippen molar-refractivity contribution in [2.75, 3.05) is 18.2 Å². The van der Waals surface area contributed by atoms with E-state index in [2.05, 4.69) is 20.3 Å². The molecule has 2 heterocycles. The molecule has 4 rings (SSSR count). The zero-order valence-electron chi connectivity index (χ0n) is 15.3. The highest BCUT2D eigenvalue weighted by Gasteiger charge is 2.19. The molecule has 4 aromatic rings. The normalized spacial score (nSPS) is 12.1.